The molecule has 0 aliphatic rings. The number of carbonyl (C=O) groups excluding carboxylic acids is 3. The zero-order valence-corrected chi connectivity index (χ0v) is 43.1. The number of hydrogen-bond donors (Lipinski definition) is 3. The van der Waals surface area contributed by atoms with Crippen molar-refractivity contribution in [2.45, 2.75) is 34.6 Å². The Morgan fingerprint density at radius 1 is 0.552 bits per heavy atom. The van der Waals surface area contributed by atoms with Crippen LogP contribution < -0.4 is 10.6 Å². The minimum absolute atomic E-state index is 0. The zero-order chi connectivity index (χ0) is 41.9. The first-order valence-electron chi connectivity index (χ1n) is 17.7. The predicted octanol–water partition coefficient (Wildman–Crippen LogP) is 7.61. The summed E-state index contributed by atoms with van der Waals surface area (Å²) in [5.74, 6) is -1.37. The summed E-state index contributed by atoms with van der Waals surface area (Å²) in [6.45, 7) is 17.8. The third-order valence-electron chi connectivity index (χ3n) is 7.41. The highest BCUT2D eigenvalue weighted by atomic mass is 127. The van der Waals surface area contributed by atoms with Crippen molar-refractivity contribution in [2.75, 3.05) is 59.0 Å². The SMILES string of the molecule is CCN(CC)CCNC(=O)c1ccc(I)nc1.CCN(CC)CCNC(=O)c1ccc(I)nc1.CCOC(=O)c1ccc(I)nc1.Cl.Cl.O=C(O)c1ccc(I)nc1. The molecule has 20 heteroatoms. The van der Waals surface area contributed by atoms with E-state index in [1.54, 1.807) is 49.6 Å². The highest BCUT2D eigenvalue weighted by Crippen LogP contribution is 2.06. The Hall–Kier alpha value is -2.10. The molecule has 0 saturated carbocycles. The molecule has 0 unspecified atom stereocenters. The van der Waals surface area contributed by atoms with Gasteiger partial charge in [0.15, 0.2) is 0 Å². The first-order valence-corrected chi connectivity index (χ1v) is 22.0. The van der Waals surface area contributed by atoms with Gasteiger partial charge in [-0.25, -0.2) is 29.5 Å². The van der Waals surface area contributed by atoms with Gasteiger partial charge in [-0.15, -0.1) is 24.8 Å². The van der Waals surface area contributed by atoms with E-state index in [0.717, 1.165) is 54.1 Å². The molecule has 4 aromatic rings. The lowest BCUT2D eigenvalue weighted by Gasteiger charge is -2.17. The van der Waals surface area contributed by atoms with Gasteiger partial charge in [-0.3, -0.25) is 9.59 Å². The van der Waals surface area contributed by atoms with E-state index in [9.17, 15) is 19.2 Å². The molecule has 2 amide bonds. The summed E-state index contributed by atoms with van der Waals surface area (Å²) in [6.07, 6.45) is 6.06. The number of nitrogens with zero attached hydrogens (tertiary/aromatic N) is 6. The number of aromatic nitrogens is 4. The molecule has 0 atom stereocenters. The van der Waals surface area contributed by atoms with Crippen LogP contribution in [0.15, 0.2) is 73.3 Å². The number of ether oxygens (including phenoxy) is 1. The summed E-state index contributed by atoms with van der Waals surface area (Å²) in [7, 11) is 0. The largest absolute Gasteiger partial charge is 0.478 e. The van der Waals surface area contributed by atoms with Crippen LogP contribution >= 0.6 is 115 Å². The van der Waals surface area contributed by atoms with Crippen molar-refractivity contribution in [1.82, 2.24) is 40.4 Å². The molecule has 0 radical (unpaired) electrons. The van der Waals surface area contributed by atoms with Crippen LogP contribution in [-0.2, 0) is 4.74 Å². The van der Waals surface area contributed by atoms with Crippen LogP contribution in [0.2, 0.25) is 0 Å². The van der Waals surface area contributed by atoms with Crippen molar-refractivity contribution in [3.63, 3.8) is 0 Å². The summed E-state index contributed by atoms with van der Waals surface area (Å²) in [6, 6.07) is 13.9. The molecule has 0 saturated heterocycles. The smallest absolute Gasteiger partial charge is 0.339 e. The van der Waals surface area contributed by atoms with Crippen molar-refractivity contribution in [2.24, 2.45) is 0 Å². The van der Waals surface area contributed by atoms with Crippen LogP contribution in [-0.4, -0.2) is 118 Å². The number of rotatable bonds is 15. The molecule has 0 aromatic carbocycles. The van der Waals surface area contributed by atoms with E-state index in [4.69, 9.17) is 9.84 Å². The molecule has 4 rings (SSSR count). The van der Waals surface area contributed by atoms with E-state index in [1.165, 1.54) is 18.5 Å². The van der Waals surface area contributed by atoms with Gasteiger partial charge >= 0.3 is 11.9 Å². The molecule has 0 fully saturated rings. The van der Waals surface area contributed by atoms with Gasteiger partial charge in [0.1, 0.15) is 14.8 Å². The third kappa shape index (κ3) is 25.5. The fourth-order valence-corrected chi connectivity index (χ4v) is 5.45. The Labute approximate surface area is 408 Å². The van der Waals surface area contributed by atoms with Gasteiger partial charge < -0.3 is 30.3 Å². The monoisotopic (exact) mass is 1290 g/mol. The first kappa shape index (κ1) is 58.0. The van der Waals surface area contributed by atoms with E-state index in [0.29, 0.717) is 36.4 Å². The Kier molecular flexibility index (Phi) is 34.6. The summed E-state index contributed by atoms with van der Waals surface area (Å²) in [4.78, 5) is 65.3. The standard InChI is InChI=1S/2C12H18IN3O.C8H8INO2.C6H4INO2.2ClH/c2*1-3-16(4-2)8-7-14-12(17)10-5-6-11(13)15-9-10;1-2-12-8(11)6-3-4-7(9)10-5-6;7-5-2-1-4(3-8-5)6(9)10;;/h2*5-6,9H,3-4,7-8H2,1-2H3,(H,14,17);3-5H,2H2,1H3;1-3H,(H,9,10);2*1H. The second-order valence-electron chi connectivity index (χ2n) is 11.1. The van der Waals surface area contributed by atoms with Crippen LogP contribution in [0.25, 0.3) is 0 Å². The lowest BCUT2D eigenvalue weighted by molar-refractivity contribution is 0.0525. The maximum Gasteiger partial charge on any atom is 0.339 e. The molecule has 4 heterocycles. The lowest BCUT2D eigenvalue weighted by atomic mass is 10.3. The molecular weight excluding hydrogens is 1240 g/mol. The van der Waals surface area contributed by atoms with Crippen LogP contribution in [0.4, 0.5) is 0 Å². The number of pyridine rings is 4. The Balaban J connectivity index is 0. The predicted molar refractivity (Wildman–Crippen MR) is 265 cm³/mol. The summed E-state index contributed by atoms with van der Waals surface area (Å²) in [5.41, 5.74) is 1.95. The molecule has 0 spiro atoms. The van der Waals surface area contributed by atoms with E-state index in [1.807, 2.05) is 34.7 Å². The minimum atomic E-state index is -0.941. The quantitative estimate of drug-likeness (QED) is 0.0604. The molecule has 14 nitrogen and oxygen atoms in total. The van der Waals surface area contributed by atoms with Gasteiger partial charge in [-0.05, 0) is 172 Å². The minimum Gasteiger partial charge on any atom is -0.478 e. The molecule has 3 N–H and O–H groups in total. The van der Waals surface area contributed by atoms with Crippen molar-refractivity contribution in [3.05, 3.63) is 110 Å². The number of nitrogens with one attached hydrogen (secondary N) is 2. The average Bonchev–Trinajstić information content (AvgIpc) is 3.20. The number of aromatic carboxylic acids is 1. The number of halogens is 6. The van der Waals surface area contributed by atoms with Gasteiger partial charge in [0.05, 0.1) is 28.9 Å². The van der Waals surface area contributed by atoms with Crippen molar-refractivity contribution in [1.29, 1.82) is 0 Å². The highest BCUT2D eigenvalue weighted by molar-refractivity contribution is 14.1. The number of esters is 1. The second-order valence-corrected chi connectivity index (χ2v) is 15.5. The highest BCUT2D eigenvalue weighted by Gasteiger charge is 2.08. The summed E-state index contributed by atoms with van der Waals surface area (Å²) >= 11 is 8.33. The Morgan fingerprint density at radius 3 is 1.12 bits per heavy atom. The Bertz CT molecular complexity index is 1670. The molecule has 0 bridgehead atoms. The normalized spacial score (nSPS) is 9.78. The summed E-state index contributed by atoms with van der Waals surface area (Å²) in [5, 5.41) is 14.2. The number of carboxylic acids is 1. The fourth-order valence-electron chi connectivity index (χ4n) is 4.17. The number of carboxylic acid groups (broad SMARTS) is 1. The average molecular weight is 1290 g/mol. The van der Waals surface area contributed by atoms with E-state index in [2.05, 4.69) is 136 Å². The number of hydrogen-bond acceptors (Lipinski definition) is 11. The van der Waals surface area contributed by atoms with Gasteiger partial charge in [0, 0.05) is 51.0 Å². The molecule has 0 aliphatic carbocycles. The van der Waals surface area contributed by atoms with E-state index >= 15 is 0 Å². The zero-order valence-electron chi connectivity index (χ0n) is 32.8. The molecule has 0 aliphatic heterocycles. The van der Waals surface area contributed by atoms with Crippen LogP contribution in [0, 0.1) is 14.8 Å². The van der Waals surface area contributed by atoms with Gasteiger partial charge in [0.2, 0.25) is 0 Å². The fraction of sp³-hybridized carbons (Fsp3) is 0.368. The van der Waals surface area contributed by atoms with Gasteiger partial charge in [-0.2, -0.15) is 0 Å². The van der Waals surface area contributed by atoms with Gasteiger partial charge in [-0.1, -0.05) is 27.7 Å². The van der Waals surface area contributed by atoms with Crippen molar-refractivity contribution < 1.29 is 29.0 Å². The molecular formula is C38H50Cl2I4N8O6. The van der Waals surface area contributed by atoms with Crippen LogP contribution in [0.5, 0.6) is 0 Å². The maximum absolute atomic E-state index is 11.7. The first-order chi connectivity index (χ1) is 26.8. The number of likely N-dealkylation sites (N-methyl/N-ethyl adjacent to an activating group) is 2. The number of amides is 2. The molecule has 4 aromatic heterocycles. The third-order valence-corrected chi connectivity index (χ3v) is 9.96. The maximum atomic E-state index is 11.7. The van der Waals surface area contributed by atoms with Crippen LogP contribution in [0.1, 0.15) is 76.1 Å². The van der Waals surface area contributed by atoms with Gasteiger partial charge in [0.25, 0.3) is 11.8 Å². The van der Waals surface area contributed by atoms with Crippen LogP contribution in [0.3, 0.4) is 0 Å². The second kappa shape index (κ2) is 34.6. The van der Waals surface area contributed by atoms with E-state index in [-0.39, 0.29) is 48.2 Å². The Morgan fingerprint density at radius 2 is 0.862 bits per heavy atom. The molecule has 320 valence electrons. The van der Waals surface area contributed by atoms with E-state index < -0.39 is 5.97 Å². The van der Waals surface area contributed by atoms with Crippen molar-refractivity contribution >= 4 is 139 Å². The molecule has 58 heavy (non-hydrogen) atoms. The van der Waals surface area contributed by atoms with Crippen molar-refractivity contribution in [3.8, 4) is 0 Å². The topological polar surface area (TPSA) is 180 Å². The summed E-state index contributed by atoms with van der Waals surface area (Å²) < 4.78 is 8.22. The lowest BCUT2D eigenvalue weighted by Crippen LogP contribution is -2.34. The number of carbonyl (C=O) groups is 4.